The van der Waals surface area contributed by atoms with E-state index in [1.165, 1.54) is 12.1 Å². The van der Waals surface area contributed by atoms with Crippen molar-refractivity contribution < 1.29 is 18.0 Å². The predicted molar refractivity (Wildman–Crippen MR) is 73.1 cm³/mol. The first-order chi connectivity index (χ1) is 8.98. The van der Waals surface area contributed by atoms with Crippen LogP contribution in [0.25, 0.3) is 0 Å². The number of hydrogen-bond acceptors (Lipinski definition) is 3. The van der Waals surface area contributed by atoms with Crippen LogP contribution in [0.2, 0.25) is 5.02 Å². The van der Waals surface area contributed by atoms with Crippen LogP contribution in [0.5, 0.6) is 0 Å². The summed E-state index contributed by atoms with van der Waals surface area (Å²) in [5, 5.41) is 2.47. The number of benzene rings is 1. The Hall–Kier alpha value is -1.47. The van der Waals surface area contributed by atoms with E-state index in [1.54, 1.807) is 25.1 Å². The highest BCUT2D eigenvalue weighted by molar-refractivity contribution is 6.34. The maximum absolute atomic E-state index is 12.7. The minimum absolute atomic E-state index is 0.161. The molecule has 1 aromatic carbocycles. The van der Waals surface area contributed by atoms with Gasteiger partial charge in [-0.25, -0.2) is 0 Å². The summed E-state index contributed by atoms with van der Waals surface area (Å²) in [4.78, 5) is 13.3. The SMILES string of the molecule is CN(C)c1c(Cl)cccc1NC(=O)C(C)(N)C(F)(F)F. The van der Waals surface area contributed by atoms with Crippen LogP contribution in [0.4, 0.5) is 24.5 Å². The molecule has 20 heavy (non-hydrogen) atoms. The molecule has 0 aliphatic heterocycles. The number of halogens is 4. The van der Waals surface area contributed by atoms with Gasteiger partial charge in [-0.3, -0.25) is 4.79 Å². The first-order valence-electron chi connectivity index (χ1n) is 5.61. The Bertz CT molecular complexity index is 515. The number of alkyl halides is 3. The van der Waals surface area contributed by atoms with Gasteiger partial charge in [0.2, 0.25) is 0 Å². The number of rotatable bonds is 3. The van der Waals surface area contributed by atoms with Crippen LogP contribution in [-0.2, 0) is 4.79 Å². The Morgan fingerprint density at radius 2 is 1.90 bits per heavy atom. The molecule has 0 aliphatic rings. The fraction of sp³-hybridized carbons (Fsp3) is 0.417. The van der Waals surface area contributed by atoms with E-state index in [-0.39, 0.29) is 5.69 Å². The van der Waals surface area contributed by atoms with Crippen LogP contribution in [0.3, 0.4) is 0 Å². The van der Waals surface area contributed by atoms with Gasteiger partial charge in [0.25, 0.3) is 5.91 Å². The van der Waals surface area contributed by atoms with Crippen molar-refractivity contribution in [1.82, 2.24) is 0 Å². The molecule has 0 spiro atoms. The van der Waals surface area contributed by atoms with Gasteiger partial charge in [0, 0.05) is 14.1 Å². The van der Waals surface area contributed by atoms with Gasteiger partial charge < -0.3 is 16.0 Å². The Morgan fingerprint density at radius 3 is 2.35 bits per heavy atom. The molecule has 0 heterocycles. The summed E-state index contributed by atoms with van der Waals surface area (Å²) in [5.41, 5.74) is 2.64. The molecule has 112 valence electrons. The molecular weight excluding hydrogens is 295 g/mol. The molecule has 4 nitrogen and oxygen atoms in total. The fourth-order valence-corrected chi connectivity index (χ4v) is 1.80. The maximum atomic E-state index is 12.7. The minimum Gasteiger partial charge on any atom is -0.375 e. The summed E-state index contributed by atoms with van der Waals surface area (Å²) in [6.07, 6.45) is -4.85. The Balaban J connectivity index is 3.12. The fourth-order valence-electron chi connectivity index (χ4n) is 1.45. The lowest BCUT2D eigenvalue weighted by Gasteiger charge is -2.27. The van der Waals surface area contributed by atoms with Gasteiger partial charge in [-0.15, -0.1) is 0 Å². The number of anilines is 2. The second kappa shape index (κ2) is 5.49. The lowest BCUT2D eigenvalue weighted by molar-refractivity contribution is -0.184. The molecular formula is C12H15ClF3N3O. The number of nitrogens with zero attached hydrogens (tertiary/aromatic N) is 1. The van der Waals surface area contributed by atoms with Crippen LogP contribution >= 0.6 is 11.6 Å². The summed E-state index contributed by atoms with van der Waals surface area (Å²) in [6.45, 7) is 0.613. The van der Waals surface area contributed by atoms with Crippen LogP contribution in [0.15, 0.2) is 18.2 Å². The average Bonchev–Trinajstić information content (AvgIpc) is 2.26. The zero-order chi connectivity index (χ0) is 15.7. The topological polar surface area (TPSA) is 58.4 Å². The molecule has 0 aliphatic carbocycles. The van der Waals surface area contributed by atoms with E-state index < -0.39 is 17.6 Å². The molecule has 1 aromatic rings. The second-order valence-electron chi connectivity index (χ2n) is 4.68. The lowest BCUT2D eigenvalue weighted by Crippen LogP contribution is -2.59. The molecule has 0 aromatic heterocycles. The molecule has 8 heteroatoms. The van der Waals surface area contributed by atoms with Crippen LogP contribution < -0.4 is 16.0 Å². The molecule has 1 rings (SSSR count). The third-order valence-electron chi connectivity index (χ3n) is 2.74. The summed E-state index contributed by atoms with van der Waals surface area (Å²) >= 11 is 5.97. The van der Waals surface area contributed by atoms with E-state index in [9.17, 15) is 18.0 Å². The standard InChI is InChI=1S/C12H15ClF3N3O/c1-11(17,12(14,15)16)10(20)18-8-6-4-5-7(13)9(8)19(2)3/h4-6H,17H2,1-3H3,(H,18,20). The molecule has 0 radical (unpaired) electrons. The Kier molecular flexibility index (Phi) is 4.55. The number of amides is 1. The van der Waals surface area contributed by atoms with Gasteiger partial charge in [-0.05, 0) is 19.1 Å². The van der Waals surface area contributed by atoms with Crippen molar-refractivity contribution in [3.8, 4) is 0 Å². The van der Waals surface area contributed by atoms with E-state index in [4.69, 9.17) is 17.3 Å². The van der Waals surface area contributed by atoms with Gasteiger partial charge in [0.15, 0.2) is 5.54 Å². The first-order valence-corrected chi connectivity index (χ1v) is 5.99. The van der Waals surface area contributed by atoms with Gasteiger partial charge in [-0.1, -0.05) is 17.7 Å². The number of hydrogen-bond donors (Lipinski definition) is 2. The predicted octanol–water partition coefficient (Wildman–Crippen LogP) is 2.62. The van der Waals surface area contributed by atoms with E-state index in [0.29, 0.717) is 17.6 Å². The van der Waals surface area contributed by atoms with Crippen molar-refractivity contribution in [2.75, 3.05) is 24.3 Å². The number of carbonyl (C=O) groups excluding carboxylic acids is 1. The zero-order valence-electron chi connectivity index (χ0n) is 11.2. The molecule has 1 amide bonds. The minimum atomic E-state index is -4.85. The van der Waals surface area contributed by atoms with Gasteiger partial charge in [-0.2, -0.15) is 13.2 Å². The van der Waals surface area contributed by atoms with Gasteiger partial charge >= 0.3 is 6.18 Å². The maximum Gasteiger partial charge on any atom is 0.415 e. The van der Waals surface area contributed by atoms with Crippen LogP contribution in [-0.4, -0.2) is 31.7 Å². The largest absolute Gasteiger partial charge is 0.415 e. The van der Waals surface area contributed by atoms with Crippen molar-refractivity contribution in [3.05, 3.63) is 23.2 Å². The average molecular weight is 310 g/mol. The summed E-state index contributed by atoms with van der Waals surface area (Å²) in [6, 6.07) is 4.54. The van der Waals surface area contributed by atoms with Crippen molar-refractivity contribution in [3.63, 3.8) is 0 Å². The van der Waals surface area contributed by atoms with E-state index >= 15 is 0 Å². The van der Waals surface area contributed by atoms with Crippen LogP contribution in [0.1, 0.15) is 6.92 Å². The Labute approximate surface area is 119 Å². The van der Waals surface area contributed by atoms with E-state index in [0.717, 1.165) is 0 Å². The Morgan fingerprint density at radius 1 is 1.35 bits per heavy atom. The molecule has 1 atom stereocenters. The quantitative estimate of drug-likeness (QED) is 0.902. The third-order valence-corrected chi connectivity index (χ3v) is 3.05. The monoisotopic (exact) mass is 309 g/mol. The highest BCUT2D eigenvalue weighted by Gasteiger charge is 2.54. The van der Waals surface area contributed by atoms with Crippen molar-refractivity contribution >= 4 is 28.9 Å². The van der Waals surface area contributed by atoms with Crippen molar-refractivity contribution in [2.24, 2.45) is 5.73 Å². The summed E-state index contributed by atoms with van der Waals surface area (Å²) in [7, 11) is 3.31. The highest BCUT2D eigenvalue weighted by Crippen LogP contribution is 2.34. The normalized spacial score (nSPS) is 14.6. The van der Waals surface area contributed by atoms with Crippen LogP contribution in [0, 0.1) is 0 Å². The molecule has 0 bridgehead atoms. The number of nitrogens with two attached hydrogens (primary N) is 1. The molecule has 0 saturated heterocycles. The van der Waals surface area contributed by atoms with E-state index in [2.05, 4.69) is 5.32 Å². The highest BCUT2D eigenvalue weighted by atomic mass is 35.5. The van der Waals surface area contributed by atoms with Crippen molar-refractivity contribution in [1.29, 1.82) is 0 Å². The van der Waals surface area contributed by atoms with E-state index in [1.807, 2.05) is 0 Å². The molecule has 3 N–H and O–H groups in total. The number of nitrogens with one attached hydrogen (secondary N) is 1. The summed E-state index contributed by atoms with van der Waals surface area (Å²) in [5.74, 6) is -1.35. The zero-order valence-corrected chi connectivity index (χ0v) is 11.9. The third kappa shape index (κ3) is 3.16. The number of carbonyl (C=O) groups is 1. The first kappa shape index (κ1) is 16.6. The lowest BCUT2D eigenvalue weighted by atomic mass is 10.0. The van der Waals surface area contributed by atoms with Gasteiger partial charge in [0.05, 0.1) is 16.4 Å². The molecule has 1 unspecified atom stereocenters. The van der Waals surface area contributed by atoms with Gasteiger partial charge in [0.1, 0.15) is 0 Å². The molecule has 0 fully saturated rings. The number of para-hydroxylation sites is 1. The smallest absolute Gasteiger partial charge is 0.375 e. The summed E-state index contributed by atoms with van der Waals surface area (Å²) < 4.78 is 38.1. The molecule has 0 saturated carbocycles. The van der Waals surface area contributed by atoms with Crippen molar-refractivity contribution in [2.45, 2.75) is 18.6 Å². The second-order valence-corrected chi connectivity index (χ2v) is 5.09.